The molecule has 1 aromatic heterocycles. The molecule has 0 unspecified atom stereocenters. The highest BCUT2D eigenvalue weighted by molar-refractivity contribution is 5.98. The highest BCUT2D eigenvalue weighted by Crippen LogP contribution is 2.45. The third-order valence-electron chi connectivity index (χ3n) is 9.31. The molecule has 8 rings (SSSR count). The maximum Gasteiger partial charge on any atom is 0.246 e. The predicted octanol–water partition coefficient (Wildman–Crippen LogP) is 4.39. The lowest BCUT2D eigenvalue weighted by atomic mass is 9.85. The van der Waals surface area contributed by atoms with Gasteiger partial charge in [0.1, 0.15) is 18.4 Å². The first-order valence-electron chi connectivity index (χ1n) is 14.6. The van der Waals surface area contributed by atoms with E-state index in [1.54, 1.807) is 11.0 Å². The van der Waals surface area contributed by atoms with Crippen molar-refractivity contribution in [3.05, 3.63) is 94.9 Å². The number of halogens is 1. The normalized spacial score (nSPS) is 22.5. The molecule has 0 radical (unpaired) electrons. The first kappa shape index (κ1) is 25.3. The van der Waals surface area contributed by atoms with Crippen molar-refractivity contribution < 1.29 is 23.5 Å². The molecule has 2 amide bonds. The van der Waals surface area contributed by atoms with Crippen LogP contribution in [0.2, 0.25) is 0 Å². The lowest BCUT2D eigenvalue weighted by Crippen LogP contribution is -2.65. The quantitative estimate of drug-likeness (QED) is 0.397. The van der Waals surface area contributed by atoms with E-state index in [1.807, 2.05) is 29.2 Å². The molecule has 8 nitrogen and oxygen atoms in total. The van der Waals surface area contributed by atoms with Crippen LogP contribution in [-0.2, 0) is 22.6 Å². The summed E-state index contributed by atoms with van der Waals surface area (Å²) in [4.78, 5) is 37.7. The van der Waals surface area contributed by atoms with Gasteiger partial charge in [-0.2, -0.15) is 0 Å². The van der Waals surface area contributed by atoms with Crippen LogP contribution in [0.4, 0.5) is 4.39 Å². The summed E-state index contributed by atoms with van der Waals surface area (Å²) in [5.74, 6) is 0.831. The molecular weight excluding hydrogens is 535 g/mol. The number of likely N-dealkylation sites (tertiary alicyclic amines) is 1. The maximum atomic E-state index is 14.3. The number of carbonyl (C=O) groups is 2. The molecule has 0 spiro atoms. The molecule has 2 atom stereocenters. The number of H-pyrrole nitrogens is 1. The van der Waals surface area contributed by atoms with Crippen LogP contribution in [-0.4, -0.2) is 70.0 Å². The first-order chi connectivity index (χ1) is 20.5. The molecule has 4 aromatic rings. The molecule has 214 valence electrons. The van der Waals surface area contributed by atoms with Crippen molar-refractivity contribution in [1.82, 2.24) is 19.7 Å². The van der Waals surface area contributed by atoms with Gasteiger partial charge < -0.3 is 24.3 Å². The number of benzene rings is 3. The Morgan fingerprint density at radius 2 is 1.74 bits per heavy atom. The SMILES string of the molecule is O=C1[C@@H]2Cc3c([nH]c4cc(F)ccc34)[C@H](c3ccc4c(c3)OCO4)N2C(=O)CN1C1CCN(Cc2ccccc2)CC1. The summed E-state index contributed by atoms with van der Waals surface area (Å²) < 4.78 is 25.4. The minimum Gasteiger partial charge on any atom is -0.454 e. The molecular formula is C33H31FN4O4. The smallest absolute Gasteiger partial charge is 0.246 e. The Labute approximate surface area is 242 Å². The van der Waals surface area contributed by atoms with Crippen LogP contribution in [0.5, 0.6) is 11.5 Å². The monoisotopic (exact) mass is 566 g/mol. The number of piperidine rings is 1. The molecule has 3 aromatic carbocycles. The summed E-state index contributed by atoms with van der Waals surface area (Å²) in [6, 6.07) is 19.6. The van der Waals surface area contributed by atoms with E-state index in [0.717, 1.165) is 54.7 Å². The lowest BCUT2D eigenvalue weighted by molar-refractivity contribution is -0.161. The summed E-state index contributed by atoms with van der Waals surface area (Å²) >= 11 is 0. The van der Waals surface area contributed by atoms with Crippen molar-refractivity contribution in [3.8, 4) is 11.5 Å². The van der Waals surface area contributed by atoms with Crippen molar-refractivity contribution >= 4 is 22.7 Å². The molecule has 0 aliphatic carbocycles. The Morgan fingerprint density at radius 3 is 2.57 bits per heavy atom. The highest BCUT2D eigenvalue weighted by Gasteiger charge is 2.50. The predicted molar refractivity (Wildman–Crippen MR) is 153 cm³/mol. The largest absolute Gasteiger partial charge is 0.454 e. The number of nitrogens with one attached hydrogen (secondary N) is 1. The summed E-state index contributed by atoms with van der Waals surface area (Å²) in [6.07, 6.45) is 2.06. The second-order valence-electron chi connectivity index (χ2n) is 11.7. The average Bonchev–Trinajstić information content (AvgIpc) is 3.62. The molecule has 0 saturated carbocycles. The van der Waals surface area contributed by atoms with Gasteiger partial charge in [0, 0.05) is 48.7 Å². The zero-order chi connectivity index (χ0) is 28.4. The van der Waals surface area contributed by atoms with Gasteiger partial charge in [-0.25, -0.2) is 4.39 Å². The van der Waals surface area contributed by atoms with E-state index < -0.39 is 12.1 Å². The number of hydrogen-bond acceptors (Lipinski definition) is 5. The van der Waals surface area contributed by atoms with Crippen LogP contribution in [0.1, 0.15) is 41.3 Å². The maximum absolute atomic E-state index is 14.3. The number of hydrogen-bond donors (Lipinski definition) is 1. The number of fused-ring (bicyclic) bond motifs is 5. The average molecular weight is 567 g/mol. The van der Waals surface area contributed by atoms with Crippen LogP contribution >= 0.6 is 0 Å². The van der Waals surface area contributed by atoms with Gasteiger partial charge in [-0.05, 0) is 59.9 Å². The minimum atomic E-state index is -0.638. The van der Waals surface area contributed by atoms with Crippen LogP contribution in [0.3, 0.4) is 0 Å². The minimum absolute atomic E-state index is 0.0102. The van der Waals surface area contributed by atoms with E-state index in [0.29, 0.717) is 23.4 Å². The summed E-state index contributed by atoms with van der Waals surface area (Å²) in [6.45, 7) is 2.85. The van der Waals surface area contributed by atoms with Crippen molar-refractivity contribution in [2.75, 3.05) is 26.4 Å². The van der Waals surface area contributed by atoms with Crippen molar-refractivity contribution in [3.63, 3.8) is 0 Å². The standard InChI is InChI=1S/C33H31FN4O4/c34-22-7-8-24-25-16-27-33(40)37(23-10-12-36(13-11-23)17-20-4-2-1-3-5-20)18-30(39)38(27)32(31(25)35-26(24)15-22)21-6-9-28-29(14-21)42-19-41-28/h1-9,14-15,23,27,32,35H,10-13,16-19H2/t27-,32-/m0/s1. The van der Waals surface area contributed by atoms with Crippen molar-refractivity contribution in [2.24, 2.45) is 0 Å². The topological polar surface area (TPSA) is 78.1 Å². The highest BCUT2D eigenvalue weighted by atomic mass is 19.1. The van der Waals surface area contributed by atoms with Crippen LogP contribution in [0.15, 0.2) is 66.7 Å². The van der Waals surface area contributed by atoms with E-state index in [1.165, 1.54) is 17.7 Å². The van der Waals surface area contributed by atoms with Gasteiger partial charge in [-0.3, -0.25) is 14.5 Å². The fourth-order valence-corrected chi connectivity index (χ4v) is 7.28. The number of aromatic nitrogens is 1. The zero-order valence-corrected chi connectivity index (χ0v) is 23.1. The summed E-state index contributed by atoms with van der Waals surface area (Å²) in [5.41, 5.74) is 4.53. The summed E-state index contributed by atoms with van der Waals surface area (Å²) in [5, 5.41) is 0.878. The second kappa shape index (κ2) is 9.87. The molecule has 2 saturated heterocycles. The number of rotatable bonds is 4. The van der Waals surface area contributed by atoms with E-state index in [4.69, 9.17) is 9.47 Å². The number of nitrogens with zero attached hydrogens (tertiary/aromatic N) is 3. The van der Waals surface area contributed by atoms with Crippen molar-refractivity contribution in [2.45, 2.75) is 43.9 Å². The fraction of sp³-hybridized carbons (Fsp3) is 0.333. The van der Waals surface area contributed by atoms with Crippen LogP contribution in [0.25, 0.3) is 10.9 Å². The van der Waals surface area contributed by atoms with Crippen LogP contribution in [0, 0.1) is 5.82 Å². The Morgan fingerprint density at radius 1 is 0.929 bits per heavy atom. The van der Waals surface area contributed by atoms with Gasteiger partial charge in [0.05, 0.1) is 6.04 Å². The Kier molecular flexibility index (Phi) is 5.96. The van der Waals surface area contributed by atoms with E-state index in [2.05, 4.69) is 34.1 Å². The van der Waals surface area contributed by atoms with Gasteiger partial charge in [-0.15, -0.1) is 0 Å². The van der Waals surface area contributed by atoms with Gasteiger partial charge in [0.25, 0.3) is 0 Å². The van der Waals surface area contributed by atoms with Gasteiger partial charge in [0.15, 0.2) is 11.5 Å². The molecule has 2 fully saturated rings. The van der Waals surface area contributed by atoms with E-state index in [-0.39, 0.29) is 37.0 Å². The number of ether oxygens (including phenoxy) is 2. The summed E-state index contributed by atoms with van der Waals surface area (Å²) in [7, 11) is 0. The molecule has 4 aliphatic heterocycles. The number of piperazine rings is 1. The van der Waals surface area contributed by atoms with Gasteiger partial charge in [0.2, 0.25) is 18.6 Å². The molecule has 1 N–H and O–H groups in total. The fourth-order valence-electron chi connectivity index (χ4n) is 7.28. The molecule has 0 bridgehead atoms. The third kappa shape index (κ3) is 4.14. The van der Waals surface area contributed by atoms with Gasteiger partial charge >= 0.3 is 0 Å². The molecule has 9 heteroatoms. The third-order valence-corrected chi connectivity index (χ3v) is 9.31. The molecule has 5 heterocycles. The first-order valence-corrected chi connectivity index (χ1v) is 14.6. The number of aromatic amines is 1. The number of amides is 2. The van der Waals surface area contributed by atoms with E-state index in [9.17, 15) is 14.0 Å². The van der Waals surface area contributed by atoms with Crippen molar-refractivity contribution in [1.29, 1.82) is 0 Å². The van der Waals surface area contributed by atoms with E-state index >= 15 is 0 Å². The molecule has 42 heavy (non-hydrogen) atoms. The zero-order valence-electron chi connectivity index (χ0n) is 23.1. The number of carbonyl (C=O) groups excluding carboxylic acids is 2. The molecule has 4 aliphatic rings. The van der Waals surface area contributed by atoms with Gasteiger partial charge in [-0.1, -0.05) is 36.4 Å². The Hall–Kier alpha value is -4.37. The van der Waals surface area contributed by atoms with Crippen LogP contribution < -0.4 is 9.47 Å². The second-order valence-corrected chi connectivity index (χ2v) is 11.7. The Bertz CT molecular complexity index is 1700. The Balaban J connectivity index is 1.11. The lowest BCUT2D eigenvalue weighted by Gasteiger charge is -2.49.